The maximum absolute atomic E-state index is 13.4. The van der Waals surface area contributed by atoms with Crippen molar-refractivity contribution < 1.29 is 4.39 Å². The Hall–Kier alpha value is -1.40. The normalized spacial score (nSPS) is 26.8. The largest absolute Gasteiger partial charge is 0.299 e. The molecule has 1 aliphatic heterocycles. The average Bonchev–Trinajstić information content (AvgIpc) is 2.47. The number of likely N-dealkylation sites (tertiary alicyclic amines) is 1. The number of rotatable bonds is 2. The van der Waals surface area contributed by atoms with Gasteiger partial charge in [0.1, 0.15) is 5.82 Å². The highest BCUT2D eigenvalue weighted by Crippen LogP contribution is 2.36. The molecule has 2 aliphatic rings. The molecule has 2 atom stereocenters. The fourth-order valence-corrected chi connectivity index (χ4v) is 3.86. The second-order valence-corrected chi connectivity index (χ2v) is 6.24. The van der Waals surface area contributed by atoms with Crippen LogP contribution >= 0.6 is 0 Å². The third-order valence-electron chi connectivity index (χ3n) is 4.96. The van der Waals surface area contributed by atoms with Crippen molar-refractivity contribution >= 4 is 0 Å². The van der Waals surface area contributed by atoms with E-state index in [9.17, 15) is 4.39 Å². The molecule has 0 bridgehead atoms. The van der Waals surface area contributed by atoms with Crippen molar-refractivity contribution in [3.05, 3.63) is 35.1 Å². The molecule has 0 radical (unpaired) electrons. The lowest BCUT2D eigenvalue weighted by Crippen LogP contribution is -2.41. The van der Waals surface area contributed by atoms with Gasteiger partial charge in [0.2, 0.25) is 0 Å². The van der Waals surface area contributed by atoms with Crippen LogP contribution in [0, 0.1) is 29.0 Å². The van der Waals surface area contributed by atoms with E-state index < -0.39 is 0 Å². The highest BCUT2D eigenvalue weighted by Gasteiger charge is 2.31. The van der Waals surface area contributed by atoms with E-state index in [1.165, 1.54) is 44.2 Å². The first-order valence-corrected chi connectivity index (χ1v) is 7.67. The Balaban J connectivity index is 1.69. The van der Waals surface area contributed by atoms with Crippen LogP contribution in [0.2, 0.25) is 0 Å². The van der Waals surface area contributed by atoms with E-state index >= 15 is 0 Å². The summed E-state index contributed by atoms with van der Waals surface area (Å²) in [6.45, 7) is 2.92. The van der Waals surface area contributed by atoms with Crippen molar-refractivity contribution in [2.75, 3.05) is 13.1 Å². The Morgan fingerprint density at radius 2 is 2.00 bits per heavy atom. The molecule has 1 aromatic carbocycles. The van der Waals surface area contributed by atoms with Crippen LogP contribution in [0.25, 0.3) is 0 Å². The molecule has 1 aromatic rings. The zero-order chi connectivity index (χ0) is 13.9. The van der Waals surface area contributed by atoms with E-state index in [0.29, 0.717) is 12.1 Å². The molecule has 1 saturated heterocycles. The molecule has 0 N–H and O–H groups in total. The molecule has 0 amide bonds. The Bertz CT molecular complexity index is 520. The molecule has 3 heteroatoms. The molecule has 2 fully saturated rings. The molecular weight excluding hydrogens is 251 g/mol. The van der Waals surface area contributed by atoms with Crippen molar-refractivity contribution in [2.45, 2.75) is 38.6 Å². The molecule has 2 unspecified atom stereocenters. The standard InChI is InChI=1S/C17H21FN2/c18-17-6-5-14(10-19)16(9-17)12-20-8-7-13-3-1-2-4-15(13)11-20/h5-6,9,13,15H,1-4,7-8,11-12H2. The number of benzene rings is 1. The average molecular weight is 272 g/mol. The van der Waals surface area contributed by atoms with Crippen LogP contribution in [-0.2, 0) is 6.54 Å². The van der Waals surface area contributed by atoms with E-state index in [4.69, 9.17) is 5.26 Å². The summed E-state index contributed by atoms with van der Waals surface area (Å²) in [6.07, 6.45) is 6.75. The van der Waals surface area contributed by atoms with E-state index in [0.717, 1.165) is 30.5 Å². The molecular formula is C17H21FN2. The minimum Gasteiger partial charge on any atom is -0.299 e. The van der Waals surface area contributed by atoms with Crippen LogP contribution in [0.1, 0.15) is 43.2 Å². The van der Waals surface area contributed by atoms with Crippen molar-refractivity contribution in [3.8, 4) is 6.07 Å². The highest BCUT2D eigenvalue weighted by molar-refractivity contribution is 5.37. The van der Waals surface area contributed by atoms with Gasteiger partial charge in [0.05, 0.1) is 11.6 Å². The lowest BCUT2D eigenvalue weighted by Gasteiger charge is -2.41. The zero-order valence-electron chi connectivity index (χ0n) is 11.8. The van der Waals surface area contributed by atoms with Crippen LogP contribution < -0.4 is 0 Å². The van der Waals surface area contributed by atoms with Crippen LogP contribution in [-0.4, -0.2) is 18.0 Å². The van der Waals surface area contributed by atoms with Gasteiger partial charge in [-0.05, 0) is 55.0 Å². The molecule has 0 spiro atoms. The second-order valence-electron chi connectivity index (χ2n) is 6.24. The van der Waals surface area contributed by atoms with Crippen molar-refractivity contribution in [2.24, 2.45) is 11.8 Å². The van der Waals surface area contributed by atoms with Crippen molar-refractivity contribution in [1.82, 2.24) is 4.90 Å². The van der Waals surface area contributed by atoms with Crippen LogP contribution in [0.5, 0.6) is 0 Å². The summed E-state index contributed by atoms with van der Waals surface area (Å²) in [5, 5.41) is 9.14. The number of halogens is 1. The Morgan fingerprint density at radius 3 is 2.80 bits per heavy atom. The van der Waals surface area contributed by atoms with Gasteiger partial charge in [0, 0.05) is 13.1 Å². The van der Waals surface area contributed by atoms with Crippen LogP contribution in [0.15, 0.2) is 18.2 Å². The third kappa shape index (κ3) is 2.86. The fraction of sp³-hybridized carbons (Fsp3) is 0.588. The first kappa shape index (κ1) is 13.6. The van der Waals surface area contributed by atoms with Gasteiger partial charge in [-0.15, -0.1) is 0 Å². The summed E-state index contributed by atoms with van der Waals surface area (Å²) in [4.78, 5) is 2.40. The minimum atomic E-state index is -0.244. The third-order valence-corrected chi connectivity index (χ3v) is 4.96. The lowest BCUT2D eigenvalue weighted by molar-refractivity contribution is 0.0819. The maximum atomic E-state index is 13.4. The topological polar surface area (TPSA) is 27.0 Å². The Labute approximate surface area is 120 Å². The van der Waals surface area contributed by atoms with Gasteiger partial charge in [-0.1, -0.05) is 19.3 Å². The smallest absolute Gasteiger partial charge is 0.123 e. The fourth-order valence-electron chi connectivity index (χ4n) is 3.86. The number of piperidine rings is 1. The van der Waals surface area contributed by atoms with Gasteiger partial charge in [0.25, 0.3) is 0 Å². The number of nitrogens with zero attached hydrogens (tertiary/aromatic N) is 2. The first-order chi connectivity index (χ1) is 9.76. The van der Waals surface area contributed by atoms with Gasteiger partial charge >= 0.3 is 0 Å². The van der Waals surface area contributed by atoms with Crippen LogP contribution in [0.4, 0.5) is 4.39 Å². The van der Waals surface area contributed by atoms with Gasteiger partial charge in [-0.3, -0.25) is 4.90 Å². The van der Waals surface area contributed by atoms with Gasteiger partial charge < -0.3 is 0 Å². The van der Waals surface area contributed by atoms with Crippen molar-refractivity contribution in [1.29, 1.82) is 5.26 Å². The Kier molecular flexibility index (Phi) is 4.03. The van der Waals surface area contributed by atoms with Crippen molar-refractivity contribution in [3.63, 3.8) is 0 Å². The van der Waals surface area contributed by atoms with E-state index in [2.05, 4.69) is 11.0 Å². The van der Waals surface area contributed by atoms with Gasteiger partial charge in [0.15, 0.2) is 0 Å². The molecule has 1 aliphatic carbocycles. The number of nitriles is 1. The molecule has 106 valence electrons. The monoisotopic (exact) mass is 272 g/mol. The Morgan fingerprint density at radius 1 is 1.20 bits per heavy atom. The summed E-state index contributed by atoms with van der Waals surface area (Å²) < 4.78 is 13.4. The summed E-state index contributed by atoms with van der Waals surface area (Å²) in [5.41, 5.74) is 1.44. The molecule has 1 heterocycles. The van der Waals surface area contributed by atoms with Gasteiger partial charge in [-0.25, -0.2) is 4.39 Å². The lowest BCUT2D eigenvalue weighted by atomic mass is 9.75. The zero-order valence-corrected chi connectivity index (χ0v) is 11.8. The maximum Gasteiger partial charge on any atom is 0.123 e. The molecule has 20 heavy (non-hydrogen) atoms. The van der Waals surface area contributed by atoms with E-state index in [-0.39, 0.29) is 5.82 Å². The number of fused-ring (bicyclic) bond motifs is 1. The summed E-state index contributed by atoms with van der Waals surface area (Å²) >= 11 is 0. The first-order valence-electron chi connectivity index (χ1n) is 7.67. The molecule has 2 nitrogen and oxygen atoms in total. The van der Waals surface area contributed by atoms with E-state index in [1.54, 1.807) is 6.07 Å². The predicted octanol–water partition coefficient (Wildman–Crippen LogP) is 3.71. The minimum absolute atomic E-state index is 0.244. The quantitative estimate of drug-likeness (QED) is 0.820. The number of hydrogen-bond donors (Lipinski definition) is 0. The SMILES string of the molecule is N#Cc1ccc(F)cc1CN1CCC2CCCCC2C1. The summed E-state index contributed by atoms with van der Waals surface area (Å²) in [5.74, 6) is 1.48. The van der Waals surface area contributed by atoms with Crippen LogP contribution in [0.3, 0.4) is 0 Å². The molecule has 3 rings (SSSR count). The van der Waals surface area contributed by atoms with E-state index in [1.807, 2.05) is 0 Å². The highest BCUT2D eigenvalue weighted by atomic mass is 19.1. The predicted molar refractivity (Wildman–Crippen MR) is 76.5 cm³/mol. The molecule has 0 aromatic heterocycles. The summed E-state index contributed by atoms with van der Waals surface area (Å²) in [7, 11) is 0. The molecule has 1 saturated carbocycles. The van der Waals surface area contributed by atoms with Gasteiger partial charge in [-0.2, -0.15) is 5.26 Å². The second kappa shape index (κ2) is 5.93. The number of hydrogen-bond acceptors (Lipinski definition) is 2. The summed E-state index contributed by atoms with van der Waals surface area (Å²) in [6, 6.07) is 6.66.